The lowest BCUT2D eigenvalue weighted by Crippen LogP contribution is -1.73. The van der Waals surface area contributed by atoms with Crippen LogP contribution in [0.5, 0.6) is 0 Å². The third-order valence-corrected chi connectivity index (χ3v) is 4.46. The van der Waals surface area contributed by atoms with E-state index in [-0.39, 0.29) is 0 Å². The van der Waals surface area contributed by atoms with Crippen LogP contribution in [-0.2, 0) is 0 Å². The van der Waals surface area contributed by atoms with E-state index in [4.69, 9.17) is 0 Å². The third-order valence-electron chi connectivity index (χ3n) is 3.28. The monoisotopic (exact) mass is 324 g/mol. The summed E-state index contributed by atoms with van der Waals surface area (Å²) in [4.78, 5) is 2.66. The maximum Gasteiger partial charge on any atom is 0.0349 e. The minimum Gasteiger partial charge on any atom is -0.135 e. The second-order valence-electron chi connectivity index (χ2n) is 4.90. The van der Waals surface area contributed by atoms with Gasteiger partial charge in [-0.1, -0.05) is 87.4 Å². The molecule has 0 N–H and O–H groups in total. The molecule has 0 aliphatic rings. The molecule has 2 aromatic carbocycles. The Labute approximate surface area is 145 Å². The van der Waals surface area contributed by atoms with Crippen LogP contribution in [0.3, 0.4) is 0 Å². The van der Waals surface area contributed by atoms with E-state index in [1.54, 1.807) is 0 Å². The average molecular weight is 325 g/mol. The van der Waals surface area contributed by atoms with Gasteiger partial charge in [0.05, 0.1) is 0 Å². The van der Waals surface area contributed by atoms with Crippen LogP contribution < -0.4 is 0 Å². The molecule has 0 aliphatic heterocycles. The van der Waals surface area contributed by atoms with E-state index in [1.807, 2.05) is 39.0 Å². The molecule has 1 heterocycles. The quantitative estimate of drug-likeness (QED) is 0.452. The van der Waals surface area contributed by atoms with E-state index in [0.717, 1.165) is 0 Å². The van der Waals surface area contributed by atoms with E-state index >= 15 is 0 Å². The summed E-state index contributed by atoms with van der Waals surface area (Å²) in [6.45, 7) is 12.2. The van der Waals surface area contributed by atoms with Crippen molar-refractivity contribution in [2.45, 2.75) is 41.5 Å². The van der Waals surface area contributed by atoms with Crippen molar-refractivity contribution in [1.82, 2.24) is 0 Å². The van der Waals surface area contributed by atoms with Crippen LogP contribution in [-0.4, -0.2) is 0 Å². The fourth-order valence-corrected chi connectivity index (χ4v) is 3.10. The first-order valence-corrected chi connectivity index (χ1v) is 9.28. The summed E-state index contributed by atoms with van der Waals surface area (Å²) < 4.78 is 0. The molecule has 0 nitrogen and oxygen atoms in total. The van der Waals surface area contributed by atoms with Crippen LogP contribution >= 0.6 is 11.3 Å². The molecule has 0 amide bonds. The zero-order chi connectivity index (χ0) is 17.2. The van der Waals surface area contributed by atoms with Crippen LogP contribution in [0.25, 0.3) is 20.9 Å². The van der Waals surface area contributed by atoms with Crippen LogP contribution in [0.2, 0.25) is 0 Å². The van der Waals surface area contributed by atoms with E-state index in [2.05, 4.69) is 74.5 Å². The van der Waals surface area contributed by atoms with Crippen molar-refractivity contribution in [3.63, 3.8) is 0 Å². The lowest BCUT2D eigenvalue weighted by molar-refractivity contribution is 1.48. The largest absolute Gasteiger partial charge is 0.135 e. The third kappa shape index (κ3) is 5.37. The van der Waals surface area contributed by atoms with Gasteiger partial charge in [0.15, 0.2) is 0 Å². The fourth-order valence-electron chi connectivity index (χ4n) is 2.08. The molecule has 3 aromatic rings. The summed E-state index contributed by atoms with van der Waals surface area (Å²) in [5.74, 6) is 0. The Balaban J connectivity index is 0.000000615. The molecule has 0 saturated heterocycles. The first-order chi connectivity index (χ1) is 11.2. The van der Waals surface area contributed by atoms with E-state index in [0.29, 0.717) is 0 Å². The van der Waals surface area contributed by atoms with Gasteiger partial charge >= 0.3 is 0 Å². The summed E-state index contributed by atoms with van der Waals surface area (Å²) >= 11 is 1.85. The van der Waals surface area contributed by atoms with Crippen molar-refractivity contribution in [3.05, 3.63) is 71.8 Å². The van der Waals surface area contributed by atoms with Gasteiger partial charge in [0.25, 0.3) is 0 Å². The predicted molar refractivity (Wildman–Crippen MR) is 107 cm³/mol. The maximum absolute atomic E-state index is 2.21. The molecule has 0 saturated carbocycles. The molecular weight excluding hydrogens is 296 g/mol. The van der Waals surface area contributed by atoms with Crippen molar-refractivity contribution in [1.29, 1.82) is 0 Å². The molecule has 0 bridgehead atoms. The second kappa shape index (κ2) is 10.0. The molecular formula is C22H28S. The van der Waals surface area contributed by atoms with Gasteiger partial charge in [-0.3, -0.25) is 0 Å². The molecule has 1 aromatic heterocycles. The van der Waals surface area contributed by atoms with Gasteiger partial charge in [-0.2, -0.15) is 0 Å². The van der Waals surface area contributed by atoms with Gasteiger partial charge in [0.2, 0.25) is 0 Å². The minimum atomic E-state index is 1.30. The fraction of sp³-hybridized carbons (Fsp3) is 0.273. The molecule has 1 heteroatoms. The lowest BCUT2D eigenvalue weighted by Gasteiger charge is -1.99. The summed E-state index contributed by atoms with van der Waals surface area (Å²) in [6.07, 6.45) is 0. The van der Waals surface area contributed by atoms with Crippen LogP contribution in [0.15, 0.2) is 60.7 Å². The normalized spacial score (nSPS) is 9.30. The number of benzene rings is 2. The SMILES string of the molecule is CC.CC.Cc1ccc(-c2ccc(-c3ccc(C)cc3)s2)cc1. The summed E-state index contributed by atoms with van der Waals surface area (Å²) in [5, 5.41) is 0. The standard InChI is InChI=1S/C18H16S.2C2H6/c1-13-3-7-15(8-4-13)17-11-12-18(19-17)16-9-5-14(2)6-10-16;2*1-2/h3-12H,1-2H3;2*1-2H3. The summed E-state index contributed by atoms with van der Waals surface area (Å²) in [5.41, 5.74) is 5.21. The van der Waals surface area contributed by atoms with Gasteiger partial charge in [-0.15, -0.1) is 11.3 Å². The summed E-state index contributed by atoms with van der Waals surface area (Å²) in [6, 6.07) is 21.9. The highest BCUT2D eigenvalue weighted by atomic mass is 32.1. The number of hydrogen-bond donors (Lipinski definition) is 0. The Hall–Kier alpha value is -1.86. The highest BCUT2D eigenvalue weighted by Crippen LogP contribution is 2.34. The Morgan fingerprint density at radius 1 is 0.478 bits per heavy atom. The van der Waals surface area contributed by atoms with Crippen molar-refractivity contribution in [2.75, 3.05) is 0 Å². The molecule has 0 spiro atoms. The van der Waals surface area contributed by atoms with Crippen molar-refractivity contribution < 1.29 is 0 Å². The number of rotatable bonds is 2. The Kier molecular flexibility index (Phi) is 8.36. The topological polar surface area (TPSA) is 0 Å². The van der Waals surface area contributed by atoms with E-state index in [9.17, 15) is 0 Å². The Morgan fingerprint density at radius 2 is 0.783 bits per heavy atom. The molecule has 3 rings (SSSR count). The lowest BCUT2D eigenvalue weighted by atomic mass is 10.1. The number of thiophene rings is 1. The second-order valence-corrected chi connectivity index (χ2v) is 5.98. The van der Waals surface area contributed by atoms with Crippen molar-refractivity contribution >= 4 is 11.3 Å². The zero-order valence-electron chi connectivity index (χ0n) is 15.2. The van der Waals surface area contributed by atoms with Crippen LogP contribution in [0.1, 0.15) is 38.8 Å². The molecule has 122 valence electrons. The van der Waals surface area contributed by atoms with E-state index in [1.165, 1.54) is 32.0 Å². The van der Waals surface area contributed by atoms with Crippen molar-refractivity contribution in [3.8, 4) is 20.9 Å². The molecule has 0 aliphatic carbocycles. The first kappa shape index (κ1) is 19.2. The molecule has 0 unspecified atom stereocenters. The predicted octanol–water partition coefficient (Wildman–Crippen LogP) is 7.75. The average Bonchev–Trinajstić information content (AvgIpc) is 3.10. The van der Waals surface area contributed by atoms with Gasteiger partial charge in [0, 0.05) is 9.75 Å². The van der Waals surface area contributed by atoms with Gasteiger partial charge in [-0.25, -0.2) is 0 Å². The summed E-state index contributed by atoms with van der Waals surface area (Å²) in [7, 11) is 0. The molecule has 0 fully saturated rings. The first-order valence-electron chi connectivity index (χ1n) is 8.46. The zero-order valence-corrected chi connectivity index (χ0v) is 16.0. The van der Waals surface area contributed by atoms with E-state index < -0.39 is 0 Å². The molecule has 0 atom stereocenters. The Morgan fingerprint density at radius 3 is 1.09 bits per heavy atom. The minimum absolute atomic E-state index is 1.30. The highest BCUT2D eigenvalue weighted by Gasteiger charge is 2.04. The van der Waals surface area contributed by atoms with Crippen molar-refractivity contribution in [2.24, 2.45) is 0 Å². The maximum atomic E-state index is 2.21. The molecule has 23 heavy (non-hydrogen) atoms. The van der Waals surface area contributed by atoms with Gasteiger partial charge < -0.3 is 0 Å². The highest BCUT2D eigenvalue weighted by molar-refractivity contribution is 7.18. The molecule has 0 radical (unpaired) electrons. The Bertz CT molecular complexity index is 613. The van der Waals surface area contributed by atoms with Crippen LogP contribution in [0, 0.1) is 13.8 Å². The van der Waals surface area contributed by atoms with Gasteiger partial charge in [-0.05, 0) is 37.1 Å². The van der Waals surface area contributed by atoms with Crippen LogP contribution in [0.4, 0.5) is 0 Å². The number of hydrogen-bond acceptors (Lipinski definition) is 1. The smallest absolute Gasteiger partial charge is 0.0349 e. The van der Waals surface area contributed by atoms with Gasteiger partial charge in [0.1, 0.15) is 0 Å². The number of aryl methyl sites for hydroxylation is 2.